The van der Waals surface area contributed by atoms with Gasteiger partial charge in [0, 0.05) is 5.56 Å². The summed E-state index contributed by atoms with van der Waals surface area (Å²) in [6.45, 7) is 7.44. The summed E-state index contributed by atoms with van der Waals surface area (Å²) in [5.41, 5.74) is 3.82. The number of amides is 2. The summed E-state index contributed by atoms with van der Waals surface area (Å²) in [6, 6.07) is 14.0. The quantitative estimate of drug-likeness (QED) is 0.828. The molecule has 0 saturated heterocycles. The van der Waals surface area contributed by atoms with Gasteiger partial charge in [-0.1, -0.05) is 41.9 Å². The molecule has 0 aromatic heterocycles. The molecule has 0 spiro atoms. The smallest absolute Gasteiger partial charge is 0.267 e. The van der Waals surface area contributed by atoms with E-state index in [1.807, 2.05) is 39.8 Å². The van der Waals surface area contributed by atoms with E-state index >= 15 is 0 Å². The van der Waals surface area contributed by atoms with Gasteiger partial charge in [0.15, 0.2) is 0 Å². The van der Waals surface area contributed by atoms with Crippen molar-refractivity contribution >= 4 is 23.4 Å². The molecule has 0 radical (unpaired) electrons. The Morgan fingerprint density at radius 2 is 1.50 bits per heavy atom. The van der Waals surface area contributed by atoms with Crippen molar-refractivity contribution in [2.75, 3.05) is 0 Å². The number of hydrogen-bond donors (Lipinski definition) is 1. The average Bonchev–Trinajstić information content (AvgIpc) is 2.51. The van der Waals surface area contributed by atoms with Crippen molar-refractivity contribution in [3.8, 4) is 0 Å². The summed E-state index contributed by atoms with van der Waals surface area (Å²) in [4.78, 5) is 25.5. The minimum atomic E-state index is -0.601. The van der Waals surface area contributed by atoms with Crippen LogP contribution in [0.4, 0.5) is 0 Å². The zero-order chi connectivity index (χ0) is 17.9. The Balaban J connectivity index is 2.34. The molecule has 2 amide bonds. The SMILES string of the molecule is Cc1ccccc1C(=O)N(NC(=O)c1ccccc1Cl)C(C)(C)C. The van der Waals surface area contributed by atoms with E-state index in [0.29, 0.717) is 16.1 Å². The van der Waals surface area contributed by atoms with E-state index in [4.69, 9.17) is 11.6 Å². The van der Waals surface area contributed by atoms with E-state index in [2.05, 4.69) is 5.43 Å². The molecule has 2 rings (SSSR count). The van der Waals surface area contributed by atoms with Gasteiger partial charge in [0.25, 0.3) is 11.8 Å². The van der Waals surface area contributed by atoms with Crippen molar-refractivity contribution in [2.24, 2.45) is 0 Å². The van der Waals surface area contributed by atoms with E-state index in [0.717, 1.165) is 5.56 Å². The molecule has 2 aromatic carbocycles. The number of nitrogens with one attached hydrogen (secondary N) is 1. The Kier molecular flexibility index (Phi) is 5.30. The van der Waals surface area contributed by atoms with Gasteiger partial charge in [0.2, 0.25) is 0 Å². The molecule has 4 nitrogen and oxygen atoms in total. The van der Waals surface area contributed by atoms with Crippen LogP contribution in [-0.2, 0) is 0 Å². The molecule has 5 heteroatoms. The van der Waals surface area contributed by atoms with Crippen molar-refractivity contribution in [2.45, 2.75) is 33.2 Å². The lowest BCUT2D eigenvalue weighted by Gasteiger charge is -2.35. The minimum absolute atomic E-state index is 0.263. The lowest BCUT2D eigenvalue weighted by molar-refractivity contribution is 0.0358. The first-order valence-corrected chi connectivity index (χ1v) is 8.05. The highest BCUT2D eigenvalue weighted by molar-refractivity contribution is 6.33. The van der Waals surface area contributed by atoms with Gasteiger partial charge in [-0.15, -0.1) is 0 Å². The van der Waals surface area contributed by atoms with Gasteiger partial charge in [-0.2, -0.15) is 0 Å². The molecule has 0 atom stereocenters. The van der Waals surface area contributed by atoms with Crippen LogP contribution >= 0.6 is 11.6 Å². The van der Waals surface area contributed by atoms with Gasteiger partial charge in [0.1, 0.15) is 0 Å². The van der Waals surface area contributed by atoms with Crippen molar-refractivity contribution in [1.29, 1.82) is 0 Å². The minimum Gasteiger partial charge on any atom is -0.267 e. The number of hydrazine groups is 1. The Morgan fingerprint density at radius 3 is 2.04 bits per heavy atom. The van der Waals surface area contributed by atoms with Crippen LogP contribution in [0.25, 0.3) is 0 Å². The lowest BCUT2D eigenvalue weighted by atomic mass is 10.0. The molecule has 1 N–H and O–H groups in total. The highest BCUT2D eigenvalue weighted by atomic mass is 35.5. The number of rotatable bonds is 2. The van der Waals surface area contributed by atoms with E-state index in [1.165, 1.54) is 5.01 Å². The molecule has 126 valence electrons. The van der Waals surface area contributed by atoms with Gasteiger partial charge < -0.3 is 0 Å². The maximum absolute atomic E-state index is 12.9. The van der Waals surface area contributed by atoms with Crippen LogP contribution in [0.2, 0.25) is 5.02 Å². The number of carbonyl (C=O) groups excluding carboxylic acids is 2. The Hall–Kier alpha value is -2.33. The number of hydrogen-bond acceptors (Lipinski definition) is 2. The number of nitrogens with zero attached hydrogens (tertiary/aromatic N) is 1. The fraction of sp³-hybridized carbons (Fsp3) is 0.263. The monoisotopic (exact) mass is 344 g/mol. The fourth-order valence-electron chi connectivity index (χ4n) is 2.26. The largest absolute Gasteiger partial charge is 0.273 e. The standard InChI is InChI=1S/C19H21ClN2O2/c1-13-9-5-6-10-14(13)18(24)22(19(2,3)4)21-17(23)15-11-7-8-12-16(15)20/h5-12H,1-4H3,(H,21,23). The molecule has 24 heavy (non-hydrogen) atoms. The second kappa shape index (κ2) is 7.05. The maximum atomic E-state index is 12.9. The van der Waals surface area contributed by atoms with Crippen molar-refractivity contribution in [3.05, 3.63) is 70.2 Å². The second-order valence-electron chi connectivity index (χ2n) is 6.55. The molecule has 0 unspecified atom stereocenters. The zero-order valence-electron chi connectivity index (χ0n) is 14.3. The summed E-state index contributed by atoms with van der Waals surface area (Å²) in [5.74, 6) is -0.682. The normalized spacial score (nSPS) is 11.0. The van der Waals surface area contributed by atoms with Crippen molar-refractivity contribution in [3.63, 3.8) is 0 Å². The van der Waals surface area contributed by atoms with Crippen LogP contribution in [0.1, 0.15) is 47.1 Å². The van der Waals surface area contributed by atoms with Crippen molar-refractivity contribution < 1.29 is 9.59 Å². The Bertz CT molecular complexity index is 766. The number of aryl methyl sites for hydroxylation is 1. The first kappa shape index (κ1) is 18.0. The van der Waals surface area contributed by atoms with E-state index < -0.39 is 11.4 Å². The molecule has 0 saturated carbocycles. The molecule has 0 bridgehead atoms. The van der Waals surface area contributed by atoms with Crippen molar-refractivity contribution in [1.82, 2.24) is 10.4 Å². The van der Waals surface area contributed by atoms with Crippen LogP contribution in [0, 0.1) is 6.92 Å². The number of carbonyl (C=O) groups is 2. The third-order valence-electron chi connectivity index (χ3n) is 3.58. The maximum Gasteiger partial charge on any atom is 0.273 e. The molecule has 0 heterocycles. The predicted molar refractivity (Wildman–Crippen MR) is 96.0 cm³/mol. The first-order chi connectivity index (χ1) is 11.2. The highest BCUT2D eigenvalue weighted by Crippen LogP contribution is 2.19. The summed E-state index contributed by atoms with van der Waals surface area (Å²) in [5, 5.41) is 1.69. The van der Waals surface area contributed by atoms with Crippen LogP contribution < -0.4 is 5.43 Å². The van der Waals surface area contributed by atoms with Gasteiger partial charge in [-0.3, -0.25) is 15.0 Å². The van der Waals surface area contributed by atoms with Crippen LogP contribution in [0.3, 0.4) is 0 Å². The number of benzene rings is 2. The molecular weight excluding hydrogens is 324 g/mol. The number of halogens is 1. The van der Waals surface area contributed by atoms with Crippen LogP contribution in [0.5, 0.6) is 0 Å². The summed E-state index contributed by atoms with van der Waals surface area (Å²) in [6.07, 6.45) is 0. The van der Waals surface area contributed by atoms with Gasteiger partial charge in [-0.05, 0) is 51.5 Å². The first-order valence-electron chi connectivity index (χ1n) is 7.67. The summed E-state index contributed by atoms with van der Waals surface area (Å²) >= 11 is 6.07. The summed E-state index contributed by atoms with van der Waals surface area (Å²) in [7, 11) is 0. The fourth-order valence-corrected chi connectivity index (χ4v) is 2.49. The molecule has 0 aliphatic heterocycles. The van der Waals surface area contributed by atoms with Gasteiger partial charge >= 0.3 is 0 Å². The Morgan fingerprint density at radius 1 is 0.958 bits per heavy atom. The van der Waals surface area contributed by atoms with Gasteiger partial charge in [0.05, 0.1) is 16.1 Å². The topological polar surface area (TPSA) is 49.4 Å². The molecule has 2 aromatic rings. The third kappa shape index (κ3) is 3.95. The zero-order valence-corrected chi connectivity index (χ0v) is 15.0. The lowest BCUT2D eigenvalue weighted by Crippen LogP contribution is -2.56. The third-order valence-corrected chi connectivity index (χ3v) is 3.91. The molecule has 0 aliphatic rings. The van der Waals surface area contributed by atoms with Crippen LogP contribution in [-0.4, -0.2) is 22.4 Å². The van der Waals surface area contributed by atoms with Gasteiger partial charge in [-0.25, -0.2) is 5.01 Å². The Labute approximate surface area is 147 Å². The van der Waals surface area contributed by atoms with Crippen LogP contribution in [0.15, 0.2) is 48.5 Å². The van der Waals surface area contributed by atoms with E-state index in [9.17, 15) is 9.59 Å². The summed E-state index contributed by atoms with van der Waals surface area (Å²) < 4.78 is 0. The molecule has 0 aliphatic carbocycles. The molecule has 0 fully saturated rings. The molecular formula is C19H21ClN2O2. The predicted octanol–water partition coefficient (Wildman–Crippen LogP) is 4.23. The average molecular weight is 345 g/mol. The second-order valence-corrected chi connectivity index (χ2v) is 6.95. The van der Waals surface area contributed by atoms with E-state index in [-0.39, 0.29) is 5.91 Å². The van der Waals surface area contributed by atoms with E-state index in [1.54, 1.807) is 36.4 Å². The highest BCUT2D eigenvalue weighted by Gasteiger charge is 2.30.